The minimum Gasteiger partial charge on any atom is -0.508 e. The number of carbonyl (C=O) groups excluding carboxylic acids is 1. The molecule has 0 aromatic heterocycles. The number of unbranched alkanes of at least 4 members (excludes halogenated alkanes) is 4. The monoisotopic (exact) mass is 308 g/mol. The van der Waals surface area contributed by atoms with Crippen molar-refractivity contribution in [2.24, 2.45) is 0 Å². The SMILES string of the molecule is O=C(/C=C/CCCCCCc1ccccc1)c1cccc(O)c1. The zero-order valence-electron chi connectivity index (χ0n) is 13.4. The van der Waals surface area contributed by atoms with Crippen LogP contribution in [0.5, 0.6) is 5.75 Å². The van der Waals surface area contributed by atoms with Crippen molar-refractivity contribution >= 4 is 5.78 Å². The number of ketones is 1. The summed E-state index contributed by atoms with van der Waals surface area (Å²) >= 11 is 0. The number of aryl methyl sites for hydroxylation is 1. The molecule has 0 unspecified atom stereocenters. The predicted molar refractivity (Wildman–Crippen MR) is 94.8 cm³/mol. The third kappa shape index (κ3) is 6.52. The summed E-state index contributed by atoms with van der Waals surface area (Å²) in [4.78, 5) is 11.9. The smallest absolute Gasteiger partial charge is 0.185 e. The number of phenols is 1. The maximum atomic E-state index is 11.9. The molecule has 0 heterocycles. The normalized spacial score (nSPS) is 11.0. The maximum absolute atomic E-state index is 11.9. The molecular formula is C21H24O2. The first-order valence-corrected chi connectivity index (χ1v) is 8.29. The van der Waals surface area contributed by atoms with E-state index in [0.717, 1.165) is 19.3 Å². The molecule has 2 aromatic rings. The molecule has 2 heteroatoms. The van der Waals surface area contributed by atoms with Crippen molar-refractivity contribution in [1.29, 1.82) is 0 Å². The van der Waals surface area contributed by atoms with E-state index in [4.69, 9.17) is 0 Å². The summed E-state index contributed by atoms with van der Waals surface area (Å²) < 4.78 is 0. The molecule has 0 fully saturated rings. The first-order chi connectivity index (χ1) is 11.3. The topological polar surface area (TPSA) is 37.3 Å². The second-order valence-corrected chi connectivity index (χ2v) is 5.76. The van der Waals surface area contributed by atoms with Crippen LogP contribution >= 0.6 is 0 Å². The molecule has 23 heavy (non-hydrogen) atoms. The minimum atomic E-state index is -0.0509. The van der Waals surface area contributed by atoms with Crippen LogP contribution in [-0.2, 0) is 6.42 Å². The second kappa shape index (κ2) is 9.62. The molecule has 0 saturated heterocycles. The molecule has 2 nitrogen and oxygen atoms in total. The average molecular weight is 308 g/mol. The van der Waals surface area contributed by atoms with Gasteiger partial charge in [0.05, 0.1) is 0 Å². The Labute approximate surface area is 138 Å². The van der Waals surface area contributed by atoms with Gasteiger partial charge in [-0.25, -0.2) is 0 Å². The van der Waals surface area contributed by atoms with E-state index in [1.54, 1.807) is 24.3 Å². The molecular weight excluding hydrogens is 284 g/mol. The number of aromatic hydroxyl groups is 1. The van der Waals surface area contributed by atoms with Crippen LogP contribution < -0.4 is 0 Å². The fourth-order valence-electron chi connectivity index (χ4n) is 2.54. The van der Waals surface area contributed by atoms with Crippen molar-refractivity contribution in [2.75, 3.05) is 0 Å². The lowest BCUT2D eigenvalue weighted by Gasteiger charge is -2.01. The number of rotatable bonds is 9. The number of phenolic OH excluding ortho intramolecular Hbond substituents is 1. The van der Waals surface area contributed by atoms with Gasteiger partial charge < -0.3 is 5.11 Å². The first-order valence-electron chi connectivity index (χ1n) is 8.29. The van der Waals surface area contributed by atoms with E-state index in [-0.39, 0.29) is 11.5 Å². The molecule has 0 aliphatic carbocycles. The highest BCUT2D eigenvalue weighted by Gasteiger charge is 2.01. The highest BCUT2D eigenvalue weighted by atomic mass is 16.3. The number of allylic oxidation sites excluding steroid dienone is 2. The summed E-state index contributed by atoms with van der Waals surface area (Å²) in [6, 6.07) is 17.0. The Hall–Kier alpha value is -2.35. The summed E-state index contributed by atoms with van der Waals surface area (Å²) in [5.74, 6) is 0.0765. The summed E-state index contributed by atoms with van der Waals surface area (Å²) in [5.41, 5.74) is 1.94. The first kappa shape index (κ1) is 17.0. The molecule has 0 radical (unpaired) electrons. The van der Waals surface area contributed by atoms with Crippen molar-refractivity contribution < 1.29 is 9.90 Å². The summed E-state index contributed by atoms with van der Waals surface area (Å²) in [6.45, 7) is 0. The van der Waals surface area contributed by atoms with Gasteiger partial charge in [-0.15, -0.1) is 0 Å². The molecule has 0 aliphatic heterocycles. The van der Waals surface area contributed by atoms with Crippen LogP contribution in [0.3, 0.4) is 0 Å². The highest BCUT2D eigenvalue weighted by Crippen LogP contribution is 2.12. The summed E-state index contributed by atoms with van der Waals surface area (Å²) in [5, 5.41) is 9.36. The second-order valence-electron chi connectivity index (χ2n) is 5.76. The van der Waals surface area contributed by atoms with E-state index in [0.29, 0.717) is 5.56 Å². The van der Waals surface area contributed by atoms with Crippen LogP contribution in [0.4, 0.5) is 0 Å². The maximum Gasteiger partial charge on any atom is 0.185 e. The van der Waals surface area contributed by atoms with Crippen molar-refractivity contribution in [2.45, 2.75) is 38.5 Å². The zero-order valence-corrected chi connectivity index (χ0v) is 13.4. The van der Waals surface area contributed by atoms with Crippen LogP contribution in [-0.4, -0.2) is 10.9 Å². The molecule has 120 valence electrons. The molecule has 2 aromatic carbocycles. The number of benzene rings is 2. The lowest BCUT2D eigenvalue weighted by atomic mass is 10.1. The Morgan fingerprint density at radius 2 is 1.70 bits per heavy atom. The molecule has 0 spiro atoms. The third-order valence-corrected chi connectivity index (χ3v) is 3.83. The van der Waals surface area contributed by atoms with Gasteiger partial charge in [-0.05, 0) is 49.5 Å². The molecule has 0 amide bonds. The predicted octanol–water partition coefficient (Wildman–Crippen LogP) is 5.32. The zero-order chi connectivity index (χ0) is 16.3. The van der Waals surface area contributed by atoms with Gasteiger partial charge in [-0.2, -0.15) is 0 Å². The van der Waals surface area contributed by atoms with Crippen LogP contribution in [0, 0.1) is 0 Å². The Kier molecular flexibility index (Phi) is 7.12. The largest absolute Gasteiger partial charge is 0.508 e. The van der Waals surface area contributed by atoms with Gasteiger partial charge in [0.15, 0.2) is 5.78 Å². The number of hydrogen-bond donors (Lipinski definition) is 1. The molecule has 0 saturated carbocycles. The van der Waals surface area contributed by atoms with E-state index in [9.17, 15) is 9.90 Å². The Bertz CT molecular complexity index is 629. The molecule has 0 atom stereocenters. The van der Waals surface area contributed by atoms with Crippen molar-refractivity contribution in [3.63, 3.8) is 0 Å². The van der Waals surface area contributed by atoms with Crippen LogP contribution in [0.15, 0.2) is 66.7 Å². The standard InChI is InChI=1S/C21H24O2/c22-20-15-10-14-19(17-20)21(23)16-9-4-2-1-3-6-11-18-12-7-5-8-13-18/h5,7-10,12-17,22H,1-4,6,11H2/b16-9+. The van der Waals surface area contributed by atoms with Crippen molar-refractivity contribution in [3.05, 3.63) is 77.9 Å². The molecule has 2 rings (SSSR count). The van der Waals surface area contributed by atoms with E-state index < -0.39 is 0 Å². The fraction of sp³-hybridized carbons (Fsp3) is 0.286. The minimum absolute atomic E-state index is 0.0509. The van der Waals surface area contributed by atoms with Gasteiger partial charge in [-0.3, -0.25) is 4.79 Å². The van der Waals surface area contributed by atoms with E-state index in [2.05, 4.69) is 24.3 Å². The summed E-state index contributed by atoms with van der Waals surface area (Å²) in [6.07, 6.45) is 10.4. The van der Waals surface area contributed by atoms with Gasteiger partial charge in [0.2, 0.25) is 0 Å². The van der Waals surface area contributed by atoms with Crippen molar-refractivity contribution in [1.82, 2.24) is 0 Å². The lowest BCUT2D eigenvalue weighted by Crippen LogP contribution is -1.93. The van der Waals surface area contributed by atoms with Crippen molar-refractivity contribution in [3.8, 4) is 5.75 Å². The fourth-order valence-corrected chi connectivity index (χ4v) is 2.54. The van der Waals surface area contributed by atoms with Gasteiger partial charge in [-0.1, -0.05) is 61.4 Å². The van der Waals surface area contributed by atoms with E-state index >= 15 is 0 Å². The number of hydrogen-bond acceptors (Lipinski definition) is 2. The Morgan fingerprint density at radius 3 is 2.48 bits per heavy atom. The van der Waals surface area contributed by atoms with Gasteiger partial charge in [0.25, 0.3) is 0 Å². The quantitative estimate of drug-likeness (QED) is 0.386. The molecule has 0 bridgehead atoms. The average Bonchev–Trinajstić information content (AvgIpc) is 2.58. The van der Waals surface area contributed by atoms with Gasteiger partial charge in [0.1, 0.15) is 5.75 Å². The lowest BCUT2D eigenvalue weighted by molar-refractivity contribution is 0.104. The van der Waals surface area contributed by atoms with Crippen LogP contribution in [0.2, 0.25) is 0 Å². The Balaban J connectivity index is 1.57. The molecule has 0 aliphatic rings. The van der Waals surface area contributed by atoms with Crippen LogP contribution in [0.1, 0.15) is 48.0 Å². The van der Waals surface area contributed by atoms with Gasteiger partial charge >= 0.3 is 0 Å². The summed E-state index contributed by atoms with van der Waals surface area (Å²) in [7, 11) is 0. The Morgan fingerprint density at radius 1 is 0.913 bits per heavy atom. The van der Waals surface area contributed by atoms with Gasteiger partial charge in [0, 0.05) is 5.56 Å². The number of carbonyl (C=O) groups is 1. The molecule has 1 N–H and O–H groups in total. The highest BCUT2D eigenvalue weighted by molar-refractivity contribution is 6.04. The van der Waals surface area contributed by atoms with Crippen LogP contribution in [0.25, 0.3) is 0 Å². The van der Waals surface area contributed by atoms with E-state index in [1.165, 1.54) is 30.9 Å². The van der Waals surface area contributed by atoms with E-state index in [1.807, 2.05) is 12.1 Å². The third-order valence-electron chi connectivity index (χ3n) is 3.83.